The van der Waals surface area contributed by atoms with Gasteiger partial charge in [-0.3, -0.25) is 4.99 Å². The van der Waals surface area contributed by atoms with Gasteiger partial charge in [-0.05, 0) is 37.0 Å². The molecule has 1 saturated carbocycles. The molecule has 0 heterocycles. The van der Waals surface area contributed by atoms with E-state index in [0.29, 0.717) is 11.5 Å². The zero-order valence-electron chi connectivity index (χ0n) is 10.3. The Kier molecular flexibility index (Phi) is 4.12. The van der Waals surface area contributed by atoms with E-state index in [2.05, 4.69) is 15.6 Å². The molecular weight excluding hydrogens is 236 g/mol. The molecule has 0 saturated heterocycles. The molecule has 0 spiro atoms. The average molecular weight is 253 g/mol. The summed E-state index contributed by atoms with van der Waals surface area (Å²) in [7, 11) is 1.66. The second-order valence-electron chi connectivity index (χ2n) is 4.49. The monoisotopic (exact) mass is 253 g/mol. The van der Waals surface area contributed by atoms with Crippen molar-refractivity contribution in [2.75, 3.05) is 13.6 Å². The van der Waals surface area contributed by atoms with Crippen LogP contribution in [-0.2, 0) is 6.54 Å². The fourth-order valence-corrected chi connectivity index (χ4v) is 1.64. The maximum absolute atomic E-state index is 13.4. The normalized spacial score (nSPS) is 15.6. The van der Waals surface area contributed by atoms with Crippen molar-refractivity contribution in [3.05, 3.63) is 35.4 Å². The number of benzene rings is 1. The van der Waals surface area contributed by atoms with Crippen LogP contribution >= 0.6 is 0 Å². The minimum Gasteiger partial charge on any atom is -0.356 e. The molecule has 18 heavy (non-hydrogen) atoms. The Labute approximate surface area is 105 Å². The molecule has 98 valence electrons. The number of aliphatic imine (C=N–C) groups is 1. The fourth-order valence-electron chi connectivity index (χ4n) is 1.64. The summed E-state index contributed by atoms with van der Waals surface area (Å²) < 4.78 is 26.4. The number of guanidine groups is 1. The van der Waals surface area contributed by atoms with E-state index in [1.54, 1.807) is 7.05 Å². The molecule has 2 N–H and O–H groups in total. The van der Waals surface area contributed by atoms with Crippen molar-refractivity contribution in [1.29, 1.82) is 0 Å². The van der Waals surface area contributed by atoms with Crippen molar-refractivity contribution in [3.8, 4) is 0 Å². The van der Waals surface area contributed by atoms with Crippen molar-refractivity contribution < 1.29 is 8.78 Å². The van der Waals surface area contributed by atoms with Gasteiger partial charge in [-0.25, -0.2) is 8.78 Å². The number of hydrogen-bond donors (Lipinski definition) is 2. The van der Waals surface area contributed by atoms with Crippen LogP contribution in [0.3, 0.4) is 0 Å². The van der Waals surface area contributed by atoms with Crippen LogP contribution in [0.15, 0.2) is 23.2 Å². The highest BCUT2D eigenvalue weighted by molar-refractivity contribution is 5.79. The van der Waals surface area contributed by atoms with Crippen LogP contribution in [0.2, 0.25) is 0 Å². The van der Waals surface area contributed by atoms with E-state index >= 15 is 0 Å². The van der Waals surface area contributed by atoms with Gasteiger partial charge in [-0.2, -0.15) is 0 Å². The topological polar surface area (TPSA) is 36.4 Å². The van der Waals surface area contributed by atoms with Gasteiger partial charge in [0, 0.05) is 25.7 Å². The van der Waals surface area contributed by atoms with Crippen molar-refractivity contribution in [2.24, 2.45) is 10.9 Å². The van der Waals surface area contributed by atoms with Gasteiger partial charge in [0.25, 0.3) is 0 Å². The predicted molar refractivity (Wildman–Crippen MR) is 67.3 cm³/mol. The maximum Gasteiger partial charge on any atom is 0.191 e. The van der Waals surface area contributed by atoms with E-state index < -0.39 is 11.6 Å². The number of hydrogen-bond acceptors (Lipinski definition) is 1. The van der Waals surface area contributed by atoms with Gasteiger partial charge in [0.2, 0.25) is 0 Å². The van der Waals surface area contributed by atoms with Gasteiger partial charge in [-0.15, -0.1) is 0 Å². The first kappa shape index (κ1) is 12.8. The van der Waals surface area contributed by atoms with Crippen molar-refractivity contribution in [2.45, 2.75) is 19.4 Å². The Morgan fingerprint density at radius 1 is 1.33 bits per heavy atom. The molecule has 0 bridgehead atoms. The molecule has 0 unspecified atom stereocenters. The summed E-state index contributed by atoms with van der Waals surface area (Å²) in [5.41, 5.74) is 0.296. The highest BCUT2D eigenvalue weighted by atomic mass is 19.1. The van der Waals surface area contributed by atoms with Gasteiger partial charge in [0.05, 0.1) is 0 Å². The average Bonchev–Trinajstić information content (AvgIpc) is 3.17. The Morgan fingerprint density at radius 2 is 2.11 bits per heavy atom. The molecule has 0 aromatic heterocycles. The second kappa shape index (κ2) is 5.80. The molecule has 1 aliphatic rings. The predicted octanol–water partition coefficient (Wildman–Crippen LogP) is 2.04. The third-order valence-electron chi connectivity index (χ3n) is 2.93. The molecule has 0 amide bonds. The highest BCUT2D eigenvalue weighted by Crippen LogP contribution is 2.27. The van der Waals surface area contributed by atoms with Gasteiger partial charge < -0.3 is 10.6 Å². The molecule has 0 atom stereocenters. The van der Waals surface area contributed by atoms with Crippen LogP contribution in [0.5, 0.6) is 0 Å². The minimum atomic E-state index is -0.436. The standard InChI is InChI=1S/C13H17F2N3/c1-16-13(17-7-9-2-3-9)18-8-10-6-11(14)4-5-12(10)15/h4-6,9H,2-3,7-8H2,1H3,(H2,16,17,18). The molecule has 3 nitrogen and oxygen atoms in total. The van der Waals surface area contributed by atoms with E-state index in [1.807, 2.05) is 0 Å². The van der Waals surface area contributed by atoms with Crippen molar-refractivity contribution in [1.82, 2.24) is 10.6 Å². The molecule has 0 aliphatic heterocycles. The van der Waals surface area contributed by atoms with E-state index in [-0.39, 0.29) is 6.54 Å². The third kappa shape index (κ3) is 3.68. The maximum atomic E-state index is 13.4. The molecule has 2 rings (SSSR count). The summed E-state index contributed by atoms with van der Waals surface area (Å²) in [6.45, 7) is 1.10. The van der Waals surface area contributed by atoms with Gasteiger partial charge >= 0.3 is 0 Å². The Balaban J connectivity index is 1.86. The number of halogens is 2. The van der Waals surface area contributed by atoms with Crippen molar-refractivity contribution in [3.63, 3.8) is 0 Å². The van der Waals surface area contributed by atoms with Crippen LogP contribution in [0.25, 0.3) is 0 Å². The Morgan fingerprint density at radius 3 is 2.78 bits per heavy atom. The van der Waals surface area contributed by atoms with Crippen LogP contribution < -0.4 is 10.6 Å². The van der Waals surface area contributed by atoms with Gasteiger partial charge in [0.15, 0.2) is 5.96 Å². The molecule has 1 aromatic carbocycles. The lowest BCUT2D eigenvalue weighted by molar-refractivity contribution is 0.581. The summed E-state index contributed by atoms with van der Waals surface area (Å²) in [5.74, 6) is 0.496. The molecule has 1 fully saturated rings. The molecule has 1 aliphatic carbocycles. The summed E-state index contributed by atoms with van der Waals surface area (Å²) >= 11 is 0. The summed E-state index contributed by atoms with van der Waals surface area (Å²) in [6, 6.07) is 3.43. The first-order valence-electron chi connectivity index (χ1n) is 6.07. The molecule has 1 aromatic rings. The van der Waals surface area contributed by atoms with E-state index in [9.17, 15) is 8.78 Å². The van der Waals surface area contributed by atoms with Gasteiger partial charge in [-0.1, -0.05) is 0 Å². The van der Waals surface area contributed by atoms with E-state index in [1.165, 1.54) is 18.9 Å². The smallest absolute Gasteiger partial charge is 0.191 e. The van der Waals surface area contributed by atoms with Crippen LogP contribution in [0.1, 0.15) is 18.4 Å². The lowest BCUT2D eigenvalue weighted by Gasteiger charge is -2.12. The zero-order chi connectivity index (χ0) is 13.0. The summed E-state index contributed by atoms with van der Waals surface area (Å²) in [6.07, 6.45) is 2.50. The SMILES string of the molecule is CN=C(NCc1cc(F)ccc1F)NCC1CC1. The zero-order valence-corrected chi connectivity index (χ0v) is 10.3. The lowest BCUT2D eigenvalue weighted by atomic mass is 10.2. The third-order valence-corrected chi connectivity index (χ3v) is 2.93. The highest BCUT2D eigenvalue weighted by Gasteiger charge is 2.21. The number of rotatable bonds is 4. The number of nitrogens with one attached hydrogen (secondary N) is 2. The van der Waals surface area contributed by atoms with Crippen molar-refractivity contribution >= 4 is 5.96 Å². The Bertz CT molecular complexity index is 442. The van der Waals surface area contributed by atoms with E-state index in [4.69, 9.17) is 0 Å². The van der Waals surface area contributed by atoms with Gasteiger partial charge in [0.1, 0.15) is 11.6 Å². The fraction of sp³-hybridized carbons (Fsp3) is 0.462. The molecule has 0 radical (unpaired) electrons. The summed E-state index contributed by atoms with van der Waals surface area (Å²) in [5, 5.41) is 6.13. The van der Waals surface area contributed by atoms with Crippen LogP contribution in [-0.4, -0.2) is 19.6 Å². The largest absolute Gasteiger partial charge is 0.356 e. The number of nitrogens with zero attached hydrogens (tertiary/aromatic N) is 1. The Hall–Kier alpha value is -1.65. The first-order chi connectivity index (χ1) is 8.69. The second-order valence-corrected chi connectivity index (χ2v) is 4.49. The molecular formula is C13H17F2N3. The van der Waals surface area contributed by atoms with Crippen LogP contribution in [0, 0.1) is 17.6 Å². The molecule has 5 heteroatoms. The summed E-state index contributed by atoms with van der Waals surface area (Å²) in [4.78, 5) is 4.03. The van der Waals surface area contributed by atoms with E-state index in [0.717, 1.165) is 24.6 Å². The van der Waals surface area contributed by atoms with Crippen LogP contribution in [0.4, 0.5) is 8.78 Å². The lowest BCUT2D eigenvalue weighted by Crippen LogP contribution is -2.38. The first-order valence-corrected chi connectivity index (χ1v) is 6.07. The minimum absolute atomic E-state index is 0.216. The quantitative estimate of drug-likeness (QED) is 0.636.